The molecule has 1 unspecified atom stereocenters. The highest BCUT2D eigenvalue weighted by atomic mass is 16.3. The molecule has 0 fully saturated rings. The summed E-state index contributed by atoms with van der Waals surface area (Å²) in [6.45, 7) is 0. The maximum absolute atomic E-state index is 6.23. The van der Waals surface area contributed by atoms with E-state index < -0.39 is 5.41 Å². The fourth-order valence-corrected chi connectivity index (χ4v) is 11.6. The number of hydrogen-bond acceptors (Lipinski definition) is 2. The molecule has 1 atom stereocenters. The maximum Gasteiger partial charge on any atom is 0.135 e. The number of anilines is 3. The van der Waals surface area contributed by atoms with Gasteiger partial charge in [0.05, 0.1) is 22.5 Å². The summed E-state index contributed by atoms with van der Waals surface area (Å²) in [6.07, 6.45) is 10.0. The molecule has 3 aliphatic carbocycles. The summed E-state index contributed by atoms with van der Waals surface area (Å²) >= 11 is 0. The smallest absolute Gasteiger partial charge is 0.135 e. The van der Waals surface area contributed by atoms with E-state index in [9.17, 15) is 0 Å². The van der Waals surface area contributed by atoms with Crippen molar-refractivity contribution in [3.63, 3.8) is 0 Å². The van der Waals surface area contributed by atoms with Crippen LogP contribution in [0.5, 0.6) is 0 Å². The Morgan fingerprint density at radius 3 is 1.97 bits per heavy atom. The fraction of sp³-hybridized carbons (Fsp3) is 0.0508. The van der Waals surface area contributed by atoms with Crippen LogP contribution in [-0.4, -0.2) is 4.57 Å². The molecule has 0 saturated carbocycles. The molecule has 3 heteroatoms. The minimum absolute atomic E-state index is 0.252. The Bertz CT molecular complexity index is 3690. The molecule has 9 aromatic carbocycles. The number of allylic oxidation sites excluding steroid dienone is 4. The first kappa shape index (κ1) is 33.9. The predicted molar refractivity (Wildman–Crippen MR) is 257 cm³/mol. The number of para-hydroxylation sites is 2. The largest absolute Gasteiger partial charge is 0.456 e. The van der Waals surface area contributed by atoms with Crippen molar-refractivity contribution in [1.82, 2.24) is 4.57 Å². The second kappa shape index (κ2) is 12.6. The number of hydrogen-bond donors (Lipinski definition) is 0. The highest BCUT2D eigenvalue weighted by molar-refractivity contribution is 6.26. The number of rotatable bonds is 5. The highest BCUT2D eigenvalue weighted by Crippen LogP contribution is 2.62. The Labute approximate surface area is 358 Å². The third-order valence-corrected chi connectivity index (χ3v) is 14.0. The Kier molecular flexibility index (Phi) is 6.88. The molecule has 2 heterocycles. The zero-order chi connectivity index (χ0) is 40.5. The van der Waals surface area contributed by atoms with Crippen molar-refractivity contribution in [1.29, 1.82) is 0 Å². The first-order chi connectivity index (χ1) is 30.8. The molecule has 0 radical (unpaired) electrons. The van der Waals surface area contributed by atoms with Gasteiger partial charge in [-0.1, -0.05) is 140 Å². The second-order valence-electron chi connectivity index (χ2n) is 17.1. The van der Waals surface area contributed by atoms with Crippen molar-refractivity contribution in [3.8, 4) is 22.3 Å². The van der Waals surface area contributed by atoms with Gasteiger partial charge >= 0.3 is 0 Å². The van der Waals surface area contributed by atoms with Gasteiger partial charge in [-0.15, -0.1) is 0 Å². The maximum atomic E-state index is 6.23. The van der Waals surface area contributed by atoms with Gasteiger partial charge in [0.1, 0.15) is 11.2 Å². The van der Waals surface area contributed by atoms with Crippen molar-refractivity contribution in [2.75, 3.05) is 4.90 Å². The van der Waals surface area contributed by atoms with Gasteiger partial charge in [0.2, 0.25) is 0 Å². The number of furan rings is 1. The fourth-order valence-electron chi connectivity index (χ4n) is 11.6. The van der Waals surface area contributed by atoms with Crippen LogP contribution in [0.1, 0.15) is 34.7 Å². The minimum atomic E-state index is -0.489. The lowest BCUT2D eigenvalue weighted by Crippen LogP contribution is -2.30. The average Bonchev–Trinajstić information content (AvgIpc) is 3.98. The summed E-state index contributed by atoms with van der Waals surface area (Å²) in [4.78, 5) is 2.34. The Balaban J connectivity index is 0.999. The summed E-state index contributed by atoms with van der Waals surface area (Å²) in [6, 6.07) is 70.0. The molecule has 14 rings (SSSR count). The molecule has 0 amide bonds. The van der Waals surface area contributed by atoms with Crippen LogP contribution in [0.25, 0.3) is 76.8 Å². The molecule has 2 aromatic heterocycles. The van der Waals surface area contributed by atoms with Gasteiger partial charge in [-0.2, -0.15) is 0 Å². The van der Waals surface area contributed by atoms with E-state index in [1.807, 2.05) is 12.1 Å². The van der Waals surface area contributed by atoms with Gasteiger partial charge in [0.15, 0.2) is 0 Å². The van der Waals surface area contributed by atoms with Crippen molar-refractivity contribution in [3.05, 3.63) is 235 Å². The standard InChI is InChI=1S/C59H38N2O/c1-3-14-40(15-4-1)60(43-31-33-55-47(36-43)46-20-9-12-25-54(46)62-55)42-29-26-37(27-30-42)39-34-38-28-32-53-58-56(38)51(35-39)59(48-21-10-7-18-44(48)45-19-8-11-22-49(45)59)50-23-13-24-52(57(50)58)61(53)41-16-5-2-6-17-41/h1-16,18-36,41H,17H2. The molecular weight excluding hydrogens is 753 g/mol. The predicted octanol–water partition coefficient (Wildman–Crippen LogP) is 15.7. The summed E-state index contributed by atoms with van der Waals surface area (Å²) in [5, 5.41) is 7.63. The lowest BCUT2D eigenvalue weighted by atomic mass is 9.62. The molecule has 0 bridgehead atoms. The van der Waals surface area contributed by atoms with Gasteiger partial charge in [-0.3, -0.25) is 0 Å². The molecule has 290 valence electrons. The number of fused-ring (bicyclic) bond motifs is 10. The van der Waals surface area contributed by atoms with Gasteiger partial charge in [-0.05, 0) is 134 Å². The van der Waals surface area contributed by atoms with Crippen molar-refractivity contribution < 1.29 is 4.42 Å². The summed E-state index contributed by atoms with van der Waals surface area (Å²) in [5.74, 6) is 0. The van der Waals surface area contributed by atoms with Crippen LogP contribution >= 0.6 is 0 Å². The molecule has 0 saturated heterocycles. The van der Waals surface area contributed by atoms with Crippen molar-refractivity contribution in [2.24, 2.45) is 0 Å². The highest BCUT2D eigenvalue weighted by Gasteiger charge is 2.50. The van der Waals surface area contributed by atoms with E-state index in [0.717, 1.165) is 45.4 Å². The Morgan fingerprint density at radius 1 is 0.468 bits per heavy atom. The van der Waals surface area contributed by atoms with Crippen molar-refractivity contribution in [2.45, 2.75) is 17.9 Å². The molecule has 1 spiro atoms. The third kappa shape index (κ3) is 4.44. The molecular formula is C59H38N2O. The van der Waals surface area contributed by atoms with E-state index in [0.29, 0.717) is 0 Å². The first-order valence-electron chi connectivity index (χ1n) is 21.7. The number of aromatic nitrogens is 1. The van der Waals surface area contributed by atoms with Crippen LogP contribution in [0.2, 0.25) is 0 Å². The number of benzene rings is 9. The van der Waals surface area contributed by atoms with Gasteiger partial charge in [0, 0.05) is 38.6 Å². The zero-order valence-electron chi connectivity index (χ0n) is 33.8. The lowest BCUT2D eigenvalue weighted by Gasteiger charge is -2.38. The van der Waals surface area contributed by atoms with E-state index in [1.165, 1.54) is 77.1 Å². The van der Waals surface area contributed by atoms with Gasteiger partial charge in [-0.25, -0.2) is 0 Å². The lowest BCUT2D eigenvalue weighted by molar-refractivity contribution is 0.648. The van der Waals surface area contributed by atoms with Crippen molar-refractivity contribution >= 4 is 71.6 Å². The SMILES string of the molecule is C1=CCC(n2c3cccc4c3c3c5c(cc(-c6ccc(N(c7ccccc7)c7ccc8oc9ccccc9c8c7)cc6)cc5ccc32)C42c3ccccc3-c3ccccc32)C=C1. The second-order valence-corrected chi connectivity index (χ2v) is 17.1. The summed E-state index contributed by atoms with van der Waals surface area (Å²) in [7, 11) is 0. The summed E-state index contributed by atoms with van der Waals surface area (Å²) < 4.78 is 8.85. The molecule has 0 N–H and O–H groups in total. The number of nitrogens with zero attached hydrogens (tertiary/aromatic N) is 2. The van der Waals surface area contributed by atoms with E-state index in [4.69, 9.17) is 4.42 Å². The third-order valence-electron chi connectivity index (χ3n) is 14.0. The quantitative estimate of drug-likeness (QED) is 0.173. The van der Waals surface area contributed by atoms with Crippen LogP contribution in [0.15, 0.2) is 217 Å². The Hall–Kier alpha value is -7.88. The van der Waals surface area contributed by atoms with Crippen LogP contribution in [0.3, 0.4) is 0 Å². The Morgan fingerprint density at radius 2 is 1.16 bits per heavy atom. The zero-order valence-corrected chi connectivity index (χ0v) is 33.8. The van der Waals surface area contributed by atoms with E-state index >= 15 is 0 Å². The summed E-state index contributed by atoms with van der Waals surface area (Å²) in [5.41, 5.74) is 17.7. The topological polar surface area (TPSA) is 21.3 Å². The average molecular weight is 791 g/mol. The molecule has 11 aromatic rings. The molecule has 3 nitrogen and oxygen atoms in total. The van der Waals surface area contributed by atoms with E-state index in [2.05, 4.69) is 210 Å². The van der Waals surface area contributed by atoms with Crippen LogP contribution in [0.4, 0.5) is 17.1 Å². The van der Waals surface area contributed by atoms with Crippen LogP contribution in [-0.2, 0) is 5.41 Å². The van der Waals surface area contributed by atoms with Gasteiger partial charge < -0.3 is 13.9 Å². The van der Waals surface area contributed by atoms with E-state index in [1.54, 1.807) is 0 Å². The first-order valence-corrected chi connectivity index (χ1v) is 21.7. The van der Waals surface area contributed by atoms with Crippen LogP contribution in [0, 0.1) is 0 Å². The minimum Gasteiger partial charge on any atom is -0.456 e. The van der Waals surface area contributed by atoms with Gasteiger partial charge in [0.25, 0.3) is 0 Å². The normalized spacial score (nSPS) is 15.5. The van der Waals surface area contributed by atoms with E-state index in [-0.39, 0.29) is 6.04 Å². The molecule has 62 heavy (non-hydrogen) atoms. The van der Waals surface area contributed by atoms with Crippen LogP contribution < -0.4 is 4.90 Å². The molecule has 3 aliphatic rings. The monoisotopic (exact) mass is 790 g/mol. The molecule has 0 aliphatic heterocycles.